The van der Waals surface area contributed by atoms with Gasteiger partial charge in [-0.1, -0.05) is 12.8 Å². The van der Waals surface area contributed by atoms with Crippen molar-refractivity contribution in [2.45, 2.75) is 43.7 Å². The smallest absolute Gasteiger partial charge is 0.240 e. The lowest BCUT2D eigenvalue weighted by molar-refractivity contribution is 0.273. The molecule has 0 amide bonds. The molecule has 1 aromatic carbocycles. The van der Waals surface area contributed by atoms with Gasteiger partial charge in [-0.05, 0) is 37.5 Å². The molecule has 0 bridgehead atoms. The van der Waals surface area contributed by atoms with Gasteiger partial charge in [0.15, 0.2) is 0 Å². The molecule has 0 spiro atoms. The molecule has 112 valence electrons. The molecule has 1 saturated carbocycles. The first-order valence-corrected chi connectivity index (χ1v) is 8.24. The second-order valence-electron chi connectivity index (χ2n) is 5.33. The average Bonchev–Trinajstić information content (AvgIpc) is 3.20. The zero-order valence-corrected chi connectivity index (χ0v) is 12.6. The van der Waals surface area contributed by atoms with E-state index in [0.29, 0.717) is 17.2 Å². The number of hydrogen-bond donors (Lipinski definition) is 2. The molecule has 0 radical (unpaired) electrons. The second-order valence-corrected chi connectivity index (χ2v) is 7.05. The molecule has 0 aliphatic heterocycles. The third kappa shape index (κ3) is 3.71. The average molecular weight is 299 g/mol. The second kappa shape index (κ2) is 6.11. The highest BCUT2D eigenvalue weighted by molar-refractivity contribution is 7.89. The number of nitrogens with one attached hydrogen (secondary N) is 1. The van der Waals surface area contributed by atoms with Gasteiger partial charge in [-0.15, -0.1) is 0 Å². The van der Waals surface area contributed by atoms with Crippen LogP contribution in [0.1, 0.15) is 31.7 Å². The molecule has 2 rings (SSSR count). The number of rotatable bonds is 7. The maximum absolute atomic E-state index is 12.3. The fraction of sp³-hybridized carbons (Fsp3) is 0.571. The molecule has 1 unspecified atom stereocenters. The van der Waals surface area contributed by atoms with Crippen LogP contribution < -0.4 is 9.46 Å². The summed E-state index contributed by atoms with van der Waals surface area (Å²) in [6.45, 7) is 1.62. The van der Waals surface area contributed by atoms with Crippen LogP contribution in [0.2, 0.25) is 0 Å². The van der Waals surface area contributed by atoms with Gasteiger partial charge in [0, 0.05) is 11.6 Å². The first-order chi connectivity index (χ1) is 9.46. The number of sulfonamides is 1. The minimum absolute atomic E-state index is 0.0767. The van der Waals surface area contributed by atoms with E-state index < -0.39 is 10.0 Å². The van der Waals surface area contributed by atoms with Gasteiger partial charge in [-0.2, -0.15) is 0 Å². The van der Waals surface area contributed by atoms with Crippen LogP contribution in [0.5, 0.6) is 5.75 Å². The van der Waals surface area contributed by atoms with Crippen molar-refractivity contribution in [3.63, 3.8) is 0 Å². The third-order valence-corrected chi connectivity index (χ3v) is 5.06. The van der Waals surface area contributed by atoms with Gasteiger partial charge < -0.3 is 9.84 Å². The summed E-state index contributed by atoms with van der Waals surface area (Å²) in [6.07, 6.45) is 3.27. The minimum atomic E-state index is -3.55. The first kappa shape index (κ1) is 15.3. The molecule has 1 aliphatic rings. The van der Waals surface area contributed by atoms with E-state index in [1.54, 1.807) is 6.07 Å². The summed E-state index contributed by atoms with van der Waals surface area (Å²) in [5, 5.41) is 9.25. The highest BCUT2D eigenvalue weighted by Gasteiger charge is 2.26. The lowest BCUT2D eigenvalue weighted by Crippen LogP contribution is -2.33. The first-order valence-electron chi connectivity index (χ1n) is 6.76. The number of hydrogen-bond acceptors (Lipinski definition) is 4. The fourth-order valence-corrected chi connectivity index (χ4v) is 3.59. The van der Waals surface area contributed by atoms with Gasteiger partial charge in [0.05, 0.1) is 18.6 Å². The Hall–Kier alpha value is -1.11. The summed E-state index contributed by atoms with van der Waals surface area (Å²) in [7, 11) is -2.07. The lowest BCUT2D eigenvalue weighted by atomic mass is 10.2. The van der Waals surface area contributed by atoms with Gasteiger partial charge in [0.25, 0.3) is 0 Å². The molecular weight excluding hydrogens is 278 g/mol. The van der Waals surface area contributed by atoms with Crippen molar-refractivity contribution in [2.75, 3.05) is 7.11 Å². The van der Waals surface area contributed by atoms with Crippen molar-refractivity contribution < 1.29 is 18.3 Å². The van der Waals surface area contributed by atoms with Crippen molar-refractivity contribution >= 4 is 10.0 Å². The molecule has 20 heavy (non-hydrogen) atoms. The fourth-order valence-electron chi connectivity index (χ4n) is 2.28. The van der Waals surface area contributed by atoms with Crippen LogP contribution in [0.4, 0.5) is 0 Å². The Morgan fingerprint density at radius 3 is 2.70 bits per heavy atom. The topological polar surface area (TPSA) is 75.6 Å². The standard InChI is InChI=1S/C14H21NO4S/c1-10(7-11-3-4-11)15-20(17,18)13-5-6-14(19-2)12(8-13)9-16/h5-6,8,10-11,15-16H,3-4,7,9H2,1-2H3. The zero-order chi connectivity index (χ0) is 14.8. The normalized spacial score (nSPS) is 16.9. The van der Waals surface area contributed by atoms with E-state index in [2.05, 4.69) is 4.72 Å². The van der Waals surface area contributed by atoms with Crippen LogP contribution in [-0.4, -0.2) is 26.7 Å². The molecule has 6 heteroatoms. The summed E-state index contributed by atoms with van der Waals surface area (Å²) >= 11 is 0. The van der Waals surface area contributed by atoms with E-state index in [9.17, 15) is 13.5 Å². The highest BCUT2D eigenvalue weighted by Crippen LogP contribution is 2.33. The Labute approximate surface area is 120 Å². The van der Waals surface area contributed by atoms with E-state index in [0.717, 1.165) is 6.42 Å². The quantitative estimate of drug-likeness (QED) is 0.803. The molecular formula is C14H21NO4S. The predicted octanol–water partition coefficient (Wildman–Crippen LogP) is 1.65. The molecule has 1 fully saturated rings. The number of methoxy groups -OCH3 is 1. The monoisotopic (exact) mass is 299 g/mol. The van der Waals surface area contributed by atoms with Gasteiger partial charge in [0.2, 0.25) is 10.0 Å². The summed E-state index contributed by atoms with van der Waals surface area (Å²) in [5.74, 6) is 1.15. The van der Waals surface area contributed by atoms with Crippen molar-refractivity contribution in [1.29, 1.82) is 0 Å². The maximum Gasteiger partial charge on any atom is 0.240 e. The number of aliphatic hydroxyl groups excluding tert-OH is 1. The Bertz CT molecular complexity index is 567. The highest BCUT2D eigenvalue weighted by atomic mass is 32.2. The van der Waals surface area contributed by atoms with Crippen molar-refractivity contribution in [1.82, 2.24) is 4.72 Å². The third-order valence-electron chi connectivity index (χ3n) is 3.47. The Balaban J connectivity index is 2.15. The minimum Gasteiger partial charge on any atom is -0.496 e. The molecule has 1 aromatic rings. The van der Waals surface area contributed by atoms with E-state index >= 15 is 0 Å². The van der Waals surface area contributed by atoms with Crippen LogP contribution in [0.25, 0.3) is 0 Å². The van der Waals surface area contributed by atoms with Crippen molar-refractivity contribution in [3.05, 3.63) is 23.8 Å². The van der Waals surface area contributed by atoms with E-state index in [4.69, 9.17) is 4.74 Å². The molecule has 2 N–H and O–H groups in total. The summed E-state index contributed by atoms with van der Waals surface area (Å²) in [5.41, 5.74) is 0.463. The summed E-state index contributed by atoms with van der Waals surface area (Å²) < 4.78 is 32.3. The van der Waals surface area contributed by atoms with Gasteiger partial charge in [0.1, 0.15) is 5.75 Å². The largest absolute Gasteiger partial charge is 0.496 e. The Morgan fingerprint density at radius 2 is 2.15 bits per heavy atom. The molecule has 0 heterocycles. The van der Waals surface area contributed by atoms with E-state index in [-0.39, 0.29) is 17.5 Å². The van der Waals surface area contributed by atoms with Crippen molar-refractivity contribution in [3.8, 4) is 5.75 Å². The van der Waals surface area contributed by atoms with Crippen LogP contribution in [0.15, 0.2) is 23.1 Å². The number of aliphatic hydroxyl groups is 1. The van der Waals surface area contributed by atoms with Gasteiger partial charge in [-0.25, -0.2) is 13.1 Å². The van der Waals surface area contributed by atoms with E-state index in [1.807, 2.05) is 6.92 Å². The molecule has 1 aliphatic carbocycles. The lowest BCUT2D eigenvalue weighted by Gasteiger charge is -2.15. The molecule has 5 nitrogen and oxygen atoms in total. The Morgan fingerprint density at radius 1 is 1.45 bits per heavy atom. The van der Waals surface area contributed by atoms with Gasteiger partial charge >= 0.3 is 0 Å². The Kier molecular flexibility index (Phi) is 4.67. The molecule has 0 saturated heterocycles. The van der Waals surface area contributed by atoms with Crippen LogP contribution in [0.3, 0.4) is 0 Å². The number of ether oxygens (including phenoxy) is 1. The summed E-state index contributed by atoms with van der Waals surface area (Å²) in [4.78, 5) is 0.157. The zero-order valence-electron chi connectivity index (χ0n) is 11.8. The number of benzene rings is 1. The van der Waals surface area contributed by atoms with Crippen LogP contribution in [-0.2, 0) is 16.6 Å². The summed E-state index contributed by atoms with van der Waals surface area (Å²) in [6, 6.07) is 4.42. The molecule has 1 atom stereocenters. The van der Waals surface area contributed by atoms with E-state index in [1.165, 1.54) is 32.1 Å². The molecule has 0 aromatic heterocycles. The van der Waals surface area contributed by atoms with Crippen LogP contribution >= 0.6 is 0 Å². The predicted molar refractivity (Wildman–Crippen MR) is 76.0 cm³/mol. The SMILES string of the molecule is COc1ccc(S(=O)(=O)NC(C)CC2CC2)cc1CO. The van der Waals surface area contributed by atoms with Gasteiger partial charge in [-0.3, -0.25) is 0 Å². The maximum atomic E-state index is 12.3. The van der Waals surface area contributed by atoms with Crippen molar-refractivity contribution in [2.24, 2.45) is 5.92 Å². The van der Waals surface area contributed by atoms with Crippen LogP contribution in [0, 0.1) is 5.92 Å².